The number of rotatable bonds is 6. The van der Waals surface area contributed by atoms with Crippen LogP contribution in [0.15, 0.2) is 54.9 Å². The van der Waals surface area contributed by atoms with E-state index in [2.05, 4.69) is 21.0 Å². The first-order chi connectivity index (χ1) is 14.6. The molecule has 30 heavy (non-hydrogen) atoms. The van der Waals surface area contributed by atoms with Gasteiger partial charge in [0.1, 0.15) is 0 Å². The quantitative estimate of drug-likeness (QED) is 0.625. The van der Waals surface area contributed by atoms with Crippen LogP contribution in [0.4, 0.5) is 4.39 Å². The summed E-state index contributed by atoms with van der Waals surface area (Å²) in [7, 11) is 1.94. The molecule has 0 radical (unpaired) electrons. The number of piperazine rings is 1. The van der Waals surface area contributed by atoms with E-state index in [4.69, 9.17) is 4.74 Å². The van der Waals surface area contributed by atoms with Crippen molar-refractivity contribution in [2.75, 3.05) is 32.8 Å². The van der Waals surface area contributed by atoms with E-state index in [9.17, 15) is 9.18 Å². The highest BCUT2D eigenvalue weighted by atomic mass is 19.1. The molecule has 3 heterocycles. The molecule has 1 aromatic carbocycles. The van der Waals surface area contributed by atoms with Crippen LogP contribution < -0.4 is 4.74 Å². The molecule has 0 unspecified atom stereocenters. The van der Waals surface area contributed by atoms with Gasteiger partial charge >= 0.3 is 0 Å². The number of aryl methyl sites for hydroxylation is 1. The van der Waals surface area contributed by atoms with E-state index in [0.29, 0.717) is 13.1 Å². The molecule has 0 aliphatic carbocycles. The van der Waals surface area contributed by atoms with Crippen LogP contribution in [0.1, 0.15) is 5.69 Å². The first-order valence-corrected chi connectivity index (χ1v) is 9.91. The highest BCUT2D eigenvalue weighted by Crippen LogP contribution is 2.19. The highest BCUT2D eigenvalue weighted by molar-refractivity contribution is 5.77. The molecule has 156 valence electrons. The van der Waals surface area contributed by atoms with Crippen LogP contribution in [0.2, 0.25) is 0 Å². The number of halogens is 1. The summed E-state index contributed by atoms with van der Waals surface area (Å²) in [6.07, 6.45) is 3.55. The Labute approximate surface area is 174 Å². The van der Waals surface area contributed by atoms with Crippen LogP contribution in [0.3, 0.4) is 0 Å². The Morgan fingerprint density at radius 1 is 1.13 bits per heavy atom. The Hall–Kier alpha value is -3.26. The van der Waals surface area contributed by atoms with Crippen molar-refractivity contribution in [1.29, 1.82) is 0 Å². The maximum absolute atomic E-state index is 13.6. The summed E-state index contributed by atoms with van der Waals surface area (Å²) in [6.45, 7) is 3.37. The van der Waals surface area contributed by atoms with E-state index < -0.39 is 5.82 Å². The van der Waals surface area contributed by atoms with Gasteiger partial charge in [0.05, 0.1) is 11.4 Å². The van der Waals surface area contributed by atoms with Crippen molar-refractivity contribution in [2.45, 2.75) is 6.54 Å². The molecular formula is C22H24FN5O2. The number of carbonyl (C=O) groups excluding carboxylic acids is 1. The maximum atomic E-state index is 13.6. The van der Waals surface area contributed by atoms with Crippen LogP contribution in [-0.2, 0) is 18.4 Å². The van der Waals surface area contributed by atoms with Gasteiger partial charge in [0.25, 0.3) is 5.91 Å². The van der Waals surface area contributed by atoms with E-state index in [-0.39, 0.29) is 18.3 Å². The third-order valence-corrected chi connectivity index (χ3v) is 5.23. The number of aromatic nitrogens is 3. The van der Waals surface area contributed by atoms with Crippen LogP contribution in [0.25, 0.3) is 11.3 Å². The zero-order valence-electron chi connectivity index (χ0n) is 16.9. The van der Waals surface area contributed by atoms with Gasteiger partial charge in [0, 0.05) is 57.7 Å². The standard InChI is InChI=1S/C22H24FN5O2/c1-26-18(13-20(25-26)17-5-4-8-24-14-17)15-27-9-11-28(12-10-27)22(29)16-30-21-7-3-2-6-19(21)23/h2-8,13-14H,9-12,15-16H2,1H3. The Bertz CT molecular complexity index is 1000. The number of amides is 1. The largest absolute Gasteiger partial charge is 0.481 e. The van der Waals surface area contributed by atoms with Crippen molar-refractivity contribution in [3.8, 4) is 17.0 Å². The smallest absolute Gasteiger partial charge is 0.260 e. The molecule has 1 fully saturated rings. The minimum atomic E-state index is -0.461. The molecule has 0 saturated carbocycles. The number of hydrogen-bond acceptors (Lipinski definition) is 5. The highest BCUT2D eigenvalue weighted by Gasteiger charge is 2.22. The van der Waals surface area contributed by atoms with E-state index in [0.717, 1.165) is 36.6 Å². The third-order valence-electron chi connectivity index (χ3n) is 5.23. The van der Waals surface area contributed by atoms with E-state index in [1.807, 2.05) is 23.9 Å². The minimum absolute atomic E-state index is 0.102. The summed E-state index contributed by atoms with van der Waals surface area (Å²) in [5.74, 6) is -0.487. The number of carbonyl (C=O) groups is 1. The molecule has 1 aliphatic heterocycles. The number of benzene rings is 1. The molecule has 0 N–H and O–H groups in total. The van der Waals surface area contributed by atoms with Crippen molar-refractivity contribution >= 4 is 5.91 Å². The summed E-state index contributed by atoms with van der Waals surface area (Å²) in [5.41, 5.74) is 3.00. The number of hydrogen-bond donors (Lipinski definition) is 0. The van der Waals surface area contributed by atoms with Crippen LogP contribution in [0.5, 0.6) is 5.75 Å². The zero-order valence-corrected chi connectivity index (χ0v) is 16.9. The summed E-state index contributed by atoms with van der Waals surface area (Å²) >= 11 is 0. The van der Waals surface area contributed by atoms with Gasteiger partial charge in [-0.2, -0.15) is 5.10 Å². The maximum Gasteiger partial charge on any atom is 0.260 e. The molecule has 1 amide bonds. The number of ether oxygens (including phenoxy) is 1. The van der Waals surface area contributed by atoms with Crippen molar-refractivity contribution in [3.63, 3.8) is 0 Å². The van der Waals surface area contributed by atoms with E-state index >= 15 is 0 Å². The summed E-state index contributed by atoms with van der Waals surface area (Å²) in [4.78, 5) is 20.6. The van der Waals surface area contributed by atoms with Gasteiger partial charge in [0.2, 0.25) is 0 Å². The summed E-state index contributed by atoms with van der Waals surface area (Å²) in [5, 5.41) is 4.59. The molecule has 7 nitrogen and oxygen atoms in total. The van der Waals surface area contributed by atoms with E-state index in [1.165, 1.54) is 12.1 Å². The molecule has 0 bridgehead atoms. The summed E-state index contributed by atoms with van der Waals surface area (Å²) < 4.78 is 20.8. The molecule has 0 spiro atoms. The van der Waals surface area contributed by atoms with Crippen molar-refractivity contribution in [3.05, 3.63) is 66.4 Å². The third kappa shape index (κ3) is 4.65. The van der Waals surface area contributed by atoms with Crippen LogP contribution in [0, 0.1) is 5.82 Å². The monoisotopic (exact) mass is 409 g/mol. The van der Waals surface area contributed by atoms with Gasteiger partial charge in [-0.3, -0.25) is 19.4 Å². The molecule has 4 rings (SSSR count). The number of pyridine rings is 1. The lowest BCUT2D eigenvalue weighted by Crippen LogP contribution is -2.49. The van der Waals surface area contributed by atoms with Gasteiger partial charge in [-0.05, 0) is 30.3 Å². The van der Waals surface area contributed by atoms with Crippen LogP contribution in [-0.4, -0.2) is 63.3 Å². The SMILES string of the molecule is Cn1nc(-c2cccnc2)cc1CN1CCN(C(=O)COc2ccccc2F)CC1. The first kappa shape index (κ1) is 20.0. The second-order valence-corrected chi connectivity index (χ2v) is 7.26. The molecular weight excluding hydrogens is 385 g/mol. The fraction of sp³-hybridized carbons (Fsp3) is 0.318. The van der Waals surface area contributed by atoms with Gasteiger partial charge in [-0.15, -0.1) is 0 Å². The van der Waals surface area contributed by atoms with Gasteiger partial charge in [0.15, 0.2) is 18.2 Å². The fourth-order valence-electron chi connectivity index (χ4n) is 3.49. The Morgan fingerprint density at radius 3 is 2.67 bits per heavy atom. The van der Waals surface area contributed by atoms with Gasteiger partial charge in [-0.1, -0.05) is 12.1 Å². The Kier molecular flexibility index (Phi) is 6.04. The number of para-hydroxylation sites is 1. The second kappa shape index (κ2) is 9.04. The van der Waals surface area contributed by atoms with Crippen LogP contribution >= 0.6 is 0 Å². The predicted molar refractivity (Wildman–Crippen MR) is 110 cm³/mol. The van der Waals surface area contributed by atoms with Gasteiger partial charge in [-0.25, -0.2) is 4.39 Å². The molecule has 2 aromatic heterocycles. The van der Waals surface area contributed by atoms with Crippen molar-refractivity contribution in [1.82, 2.24) is 24.6 Å². The molecule has 3 aromatic rings. The Morgan fingerprint density at radius 2 is 1.93 bits per heavy atom. The fourth-order valence-corrected chi connectivity index (χ4v) is 3.49. The lowest BCUT2D eigenvalue weighted by Gasteiger charge is -2.34. The average Bonchev–Trinajstić information content (AvgIpc) is 3.14. The predicted octanol–water partition coefficient (Wildman–Crippen LogP) is 2.34. The first-order valence-electron chi connectivity index (χ1n) is 9.91. The van der Waals surface area contributed by atoms with E-state index in [1.54, 1.807) is 29.4 Å². The molecule has 1 aliphatic rings. The molecule has 1 saturated heterocycles. The lowest BCUT2D eigenvalue weighted by molar-refractivity contribution is -0.135. The molecule has 0 atom stereocenters. The van der Waals surface area contributed by atoms with Crippen molar-refractivity contribution in [2.24, 2.45) is 7.05 Å². The number of nitrogens with zero attached hydrogens (tertiary/aromatic N) is 5. The summed E-state index contributed by atoms with van der Waals surface area (Å²) in [6, 6.07) is 12.1. The average molecular weight is 409 g/mol. The zero-order chi connectivity index (χ0) is 20.9. The lowest BCUT2D eigenvalue weighted by atomic mass is 10.2. The van der Waals surface area contributed by atoms with Gasteiger partial charge < -0.3 is 9.64 Å². The second-order valence-electron chi connectivity index (χ2n) is 7.26. The molecule has 8 heteroatoms. The normalized spacial score (nSPS) is 14.7. The minimum Gasteiger partial charge on any atom is -0.481 e. The topological polar surface area (TPSA) is 63.5 Å². The van der Waals surface area contributed by atoms with Crippen molar-refractivity contribution < 1.29 is 13.9 Å². The Balaban J connectivity index is 1.28.